The van der Waals surface area contributed by atoms with Gasteiger partial charge in [0.1, 0.15) is 11.2 Å². The number of aromatic nitrogens is 2. The summed E-state index contributed by atoms with van der Waals surface area (Å²) in [7, 11) is -2.18. The highest BCUT2D eigenvalue weighted by Crippen LogP contribution is 2.31. The van der Waals surface area contributed by atoms with Gasteiger partial charge in [0.15, 0.2) is 5.69 Å². The van der Waals surface area contributed by atoms with Gasteiger partial charge >= 0.3 is 0 Å². The van der Waals surface area contributed by atoms with Gasteiger partial charge in [-0.1, -0.05) is 12.1 Å². The van der Waals surface area contributed by atoms with E-state index in [0.717, 1.165) is 12.8 Å². The molecule has 1 aliphatic carbocycles. The molecule has 1 aromatic heterocycles. The van der Waals surface area contributed by atoms with Crippen molar-refractivity contribution in [1.82, 2.24) is 19.2 Å². The quantitative estimate of drug-likeness (QED) is 0.837. The molecule has 2 aromatic rings. The molecule has 1 fully saturated rings. The summed E-state index contributed by atoms with van der Waals surface area (Å²) in [5.41, 5.74) is 1.33. The topological polar surface area (TPSA) is 93.5 Å². The van der Waals surface area contributed by atoms with Crippen molar-refractivity contribution in [3.8, 4) is 5.69 Å². The van der Waals surface area contributed by atoms with Crippen LogP contribution < -0.4 is 5.32 Å². The molecule has 0 bridgehead atoms. The Hall–Kier alpha value is -2.23. The number of amides is 1. The van der Waals surface area contributed by atoms with Crippen molar-refractivity contribution in [2.45, 2.75) is 30.3 Å². The number of carbonyl (C=O) groups is 1. The van der Waals surface area contributed by atoms with Gasteiger partial charge in [0.05, 0.1) is 24.5 Å². The molecule has 4 rings (SSSR count). The maximum Gasteiger partial charge on any atom is 0.272 e. The summed E-state index contributed by atoms with van der Waals surface area (Å²) >= 11 is 0. The Morgan fingerprint density at radius 2 is 2.12 bits per heavy atom. The van der Waals surface area contributed by atoms with Crippen molar-refractivity contribution in [1.29, 1.82) is 0 Å². The molecule has 0 spiro atoms. The third kappa shape index (κ3) is 2.91. The lowest BCUT2D eigenvalue weighted by atomic mass is 10.2. The van der Waals surface area contributed by atoms with Gasteiger partial charge in [-0.15, -0.1) is 0 Å². The lowest BCUT2D eigenvalue weighted by molar-refractivity contribution is 0.0944. The minimum atomic E-state index is -3.71. The molecular weight excluding hydrogens is 356 g/mol. The highest BCUT2D eigenvalue weighted by molar-refractivity contribution is 7.89. The van der Waals surface area contributed by atoms with Crippen LogP contribution in [0.15, 0.2) is 35.5 Å². The molecule has 1 saturated carbocycles. The molecule has 1 aliphatic heterocycles. The largest absolute Gasteiger partial charge is 0.383 e. The molecule has 0 radical (unpaired) electrons. The average Bonchev–Trinajstić information content (AvgIpc) is 3.35. The normalized spacial score (nSPS) is 18.7. The van der Waals surface area contributed by atoms with Crippen LogP contribution in [0.25, 0.3) is 5.69 Å². The number of imidazole rings is 1. The number of para-hydroxylation sites is 1. The number of benzene rings is 1. The van der Waals surface area contributed by atoms with Gasteiger partial charge in [0.2, 0.25) is 10.0 Å². The fraction of sp³-hybridized carbons (Fsp3) is 0.412. The van der Waals surface area contributed by atoms with Crippen LogP contribution in [0.4, 0.5) is 0 Å². The molecule has 26 heavy (non-hydrogen) atoms. The van der Waals surface area contributed by atoms with E-state index in [-0.39, 0.29) is 42.2 Å². The Balaban J connectivity index is 1.83. The number of sulfonamides is 1. The third-order valence-corrected chi connectivity index (χ3v) is 6.50. The summed E-state index contributed by atoms with van der Waals surface area (Å²) in [5, 5.41) is 2.92. The Labute approximate surface area is 151 Å². The summed E-state index contributed by atoms with van der Waals surface area (Å²) in [4.78, 5) is 17.0. The van der Waals surface area contributed by atoms with Crippen molar-refractivity contribution in [2.75, 3.05) is 20.3 Å². The molecule has 1 amide bonds. The van der Waals surface area contributed by atoms with Crippen molar-refractivity contribution < 1.29 is 17.9 Å². The van der Waals surface area contributed by atoms with Gasteiger partial charge < -0.3 is 10.1 Å². The third-order valence-electron chi connectivity index (χ3n) is 4.61. The monoisotopic (exact) mass is 376 g/mol. The first-order valence-corrected chi connectivity index (χ1v) is 9.92. The van der Waals surface area contributed by atoms with Gasteiger partial charge in [0, 0.05) is 19.7 Å². The van der Waals surface area contributed by atoms with Crippen LogP contribution in [0.3, 0.4) is 0 Å². The van der Waals surface area contributed by atoms with E-state index in [9.17, 15) is 13.2 Å². The molecular formula is C17H20N4O4S. The van der Waals surface area contributed by atoms with Crippen molar-refractivity contribution in [3.05, 3.63) is 42.0 Å². The van der Waals surface area contributed by atoms with Crippen LogP contribution in [0.1, 0.15) is 29.0 Å². The van der Waals surface area contributed by atoms with Crippen LogP contribution in [-0.4, -0.2) is 54.5 Å². The molecule has 0 saturated heterocycles. The zero-order valence-electron chi connectivity index (χ0n) is 14.4. The number of rotatable bonds is 5. The molecule has 9 heteroatoms. The van der Waals surface area contributed by atoms with Crippen LogP contribution >= 0.6 is 0 Å². The minimum absolute atomic E-state index is 0.0633. The van der Waals surface area contributed by atoms with E-state index in [1.165, 1.54) is 17.7 Å². The molecule has 2 heterocycles. The summed E-state index contributed by atoms with van der Waals surface area (Å²) in [6, 6.07) is 6.95. The standard InChI is InChI=1S/C17H20N4O4S/c1-25-9-8-20-10-14-16(17(22)19-12-6-7-12)18-11-21(14)13-4-2-3-5-15(13)26(20,23)24/h2-5,11-12H,6-10H2,1H3,(H,19,22). The number of methoxy groups -OCH3 is 1. The molecule has 2 aliphatic rings. The molecule has 8 nitrogen and oxygen atoms in total. The lowest BCUT2D eigenvalue weighted by Gasteiger charge is -2.19. The van der Waals surface area contributed by atoms with Crippen molar-refractivity contribution in [2.24, 2.45) is 0 Å². The smallest absolute Gasteiger partial charge is 0.272 e. The van der Waals surface area contributed by atoms with E-state index < -0.39 is 10.0 Å². The van der Waals surface area contributed by atoms with Gasteiger partial charge in [-0.05, 0) is 25.0 Å². The molecule has 1 aromatic carbocycles. The van der Waals surface area contributed by atoms with Crippen LogP contribution in [0.5, 0.6) is 0 Å². The summed E-state index contributed by atoms with van der Waals surface area (Å²) in [6.07, 6.45) is 3.46. The predicted molar refractivity (Wildman–Crippen MR) is 93.5 cm³/mol. The van der Waals surface area contributed by atoms with Gasteiger partial charge in [0.25, 0.3) is 5.91 Å². The van der Waals surface area contributed by atoms with E-state index in [2.05, 4.69) is 10.3 Å². The number of fused-ring (bicyclic) bond motifs is 3. The van der Waals surface area contributed by atoms with Gasteiger partial charge in [-0.2, -0.15) is 4.31 Å². The maximum absolute atomic E-state index is 13.1. The second kappa shape index (κ2) is 6.49. The zero-order valence-corrected chi connectivity index (χ0v) is 15.2. The highest BCUT2D eigenvalue weighted by atomic mass is 32.2. The summed E-state index contributed by atoms with van der Waals surface area (Å²) in [5.74, 6) is -0.260. The molecule has 138 valence electrons. The SMILES string of the molecule is COCCN1Cc2c(C(=O)NC3CC3)ncn2-c2ccccc2S1(=O)=O. The number of ether oxygens (including phenoxy) is 1. The van der Waals surface area contributed by atoms with E-state index in [1.54, 1.807) is 28.8 Å². The van der Waals surface area contributed by atoms with Crippen molar-refractivity contribution in [3.63, 3.8) is 0 Å². The van der Waals surface area contributed by atoms with Crippen LogP contribution in [0, 0.1) is 0 Å². The second-order valence-corrected chi connectivity index (χ2v) is 8.36. The van der Waals surface area contributed by atoms with E-state index in [1.807, 2.05) is 0 Å². The number of nitrogens with one attached hydrogen (secondary N) is 1. The van der Waals surface area contributed by atoms with Crippen molar-refractivity contribution >= 4 is 15.9 Å². The summed E-state index contributed by atoms with van der Waals surface area (Å²) < 4.78 is 34.3. The zero-order chi connectivity index (χ0) is 18.3. The molecule has 0 unspecified atom stereocenters. The van der Waals surface area contributed by atoms with Crippen LogP contribution in [-0.2, 0) is 21.3 Å². The number of hydrogen-bond acceptors (Lipinski definition) is 5. The number of hydrogen-bond donors (Lipinski definition) is 1. The molecule has 0 atom stereocenters. The fourth-order valence-electron chi connectivity index (χ4n) is 3.06. The first kappa shape index (κ1) is 17.2. The predicted octanol–water partition coefficient (Wildman–Crippen LogP) is 0.915. The van der Waals surface area contributed by atoms with E-state index in [4.69, 9.17) is 4.74 Å². The van der Waals surface area contributed by atoms with Gasteiger partial charge in [-0.25, -0.2) is 13.4 Å². The summed E-state index contributed by atoms with van der Waals surface area (Å²) in [6.45, 7) is 0.523. The number of nitrogens with zero attached hydrogens (tertiary/aromatic N) is 3. The number of carbonyl (C=O) groups excluding carboxylic acids is 1. The average molecular weight is 376 g/mol. The van der Waals surface area contributed by atoms with E-state index in [0.29, 0.717) is 11.4 Å². The van der Waals surface area contributed by atoms with E-state index >= 15 is 0 Å². The first-order valence-electron chi connectivity index (χ1n) is 8.48. The Kier molecular flexibility index (Phi) is 4.29. The first-order chi connectivity index (χ1) is 12.5. The molecule has 1 N–H and O–H groups in total. The Morgan fingerprint density at radius 3 is 2.85 bits per heavy atom. The Morgan fingerprint density at radius 1 is 1.35 bits per heavy atom. The Bertz CT molecular complexity index is 949. The second-order valence-electron chi connectivity index (χ2n) is 6.46. The highest BCUT2D eigenvalue weighted by Gasteiger charge is 2.35. The fourth-order valence-corrected chi connectivity index (χ4v) is 4.63. The maximum atomic E-state index is 13.1. The van der Waals surface area contributed by atoms with Crippen LogP contribution in [0.2, 0.25) is 0 Å². The lowest BCUT2D eigenvalue weighted by Crippen LogP contribution is -2.34. The van der Waals surface area contributed by atoms with Gasteiger partial charge in [-0.3, -0.25) is 9.36 Å². The minimum Gasteiger partial charge on any atom is -0.383 e.